The Morgan fingerprint density at radius 1 is 1.30 bits per heavy atom. The lowest BCUT2D eigenvalue weighted by molar-refractivity contribution is -0.121. The van der Waals surface area contributed by atoms with Crippen molar-refractivity contribution >= 4 is 17.8 Å². The highest BCUT2D eigenvalue weighted by Crippen LogP contribution is 2.14. The minimum Gasteiger partial charge on any atom is -0.380 e. The number of methoxy groups -OCH3 is 1. The number of aryl methyl sites for hydroxylation is 1. The molecule has 1 aromatic carbocycles. The van der Waals surface area contributed by atoms with Crippen molar-refractivity contribution in [2.45, 2.75) is 33.9 Å². The number of nitriles is 1. The SMILES string of the molecule is CCN(CC)c1ccc(/C=N/NC(=O)Cn2c(C)cc(COC)c(C#N)c2=O)cc1. The summed E-state index contributed by atoms with van der Waals surface area (Å²) in [5.74, 6) is -0.459. The molecule has 158 valence electrons. The quantitative estimate of drug-likeness (QED) is 0.505. The zero-order valence-electron chi connectivity index (χ0n) is 17.8. The molecule has 0 saturated carbocycles. The Hall–Kier alpha value is -3.44. The van der Waals surface area contributed by atoms with Crippen LogP contribution in [0.3, 0.4) is 0 Å². The van der Waals surface area contributed by atoms with Gasteiger partial charge in [0.2, 0.25) is 0 Å². The van der Waals surface area contributed by atoms with Gasteiger partial charge in [-0.25, -0.2) is 5.43 Å². The number of nitrogens with zero attached hydrogens (tertiary/aromatic N) is 4. The molecule has 0 saturated heterocycles. The van der Waals surface area contributed by atoms with E-state index >= 15 is 0 Å². The standard InChI is InChI=1S/C22H27N5O3/c1-5-26(6-2)19-9-7-17(8-10-19)13-24-25-21(28)14-27-16(3)11-18(15-30-4)20(12-23)22(27)29/h7-11,13H,5-6,14-15H2,1-4H3,(H,25,28)/b24-13+. The molecule has 1 N–H and O–H groups in total. The second-order valence-corrected chi connectivity index (χ2v) is 6.68. The summed E-state index contributed by atoms with van der Waals surface area (Å²) in [6, 6.07) is 11.4. The van der Waals surface area contributed by atoms with E-state index in [9.17, 15) is 14.9 Å². The van der Waals surface area contributed by atoms with Crippen LogP contribution in [-0.2, 0) is 22.7 Å². The van der Waals surface area contributed by atoms with Crippen molar-refractivity contribution in [2.24, 2.45) is 5.10 Å². The number of carbonyl (C=O) groups is 1. The molecule has 2 rings (SSSR count). The van der Waals surface area contributed by atoms with Crippen LogP contribution in [0.2, 0.25) is 0 Å². The van der Waals surface area contributed by atoms with Gasteiger partial charge in [-0.15, -0.1) is 0 Å². The molecule has 2 aromatic rings. The maximum Gasteiger partial charge on any atom is 0.269 e. The summed E-state index contributed by atoms with van der Waals surface area (Å²) in [5, 5.41) is 13.2. The highest BCUT2D eigenvalue weighted by Gasteiger charge is 2.14. The van der Waals surface area contributed by atoms with E-state index in [1.807, 2.05) is 30.3 Å². The molecule has 0 spiro atoms. The molecule has 0 aliphatic carbocycles. The Balaban J connectivity index is 2.06. The number of benzene rings is 1. The summed E-state index contributed by atoms with van der Waals surface area (Å²) < 4.78 is 6.28. The Labute approximate surface area is 176 Å². The minimum absolute atomic E-state index is 0.0213. The number of hydrogen-bond acceptors (Lipinski definition) is 6. The fourth-order valence-corrected chi connectivity index (χ4v) is 3.14. The van der Waals surface area contributed by atoms with E-state index in [-0.39, 0.29) is 18.7 Å². The van der Waals surface area contributed by atoms with Gasteiger partial charge in [-0.3, -0.25) is 9.59 Å². The van der Waals surface area contributed by atoms with Gasteiger partial charge in [-0.05, 0) is 44.5 Å². The molecule has 0 fully saturated rings. The summed E-state index contributed by atoms with van der Waals surface area (Å²) in [7, 11) is 1.49. The Kier molecular flexibility index (Phi) is 8.32. The first-order chi connectivity index (χ1) is 14.4. The number of hydrazone groups is 1. The van der Waals surface area contributed by atoms with Crippen molar-refractivity contribution in [3.63, 3.8) is 0 Å². The number of ether oxygens (including phenoxy) is 1. The summed E-state index contributed by atoms with van der Waals surface area (Å²) in [6.45, 7) is 7.69. The Morgan fingerprint density at radius 3 is 2.53 bits per heavy atom. The second-order valence-electron chi connectivity index (χ2n) is 6.68. The smallest absolute Gasteiger partial charge is 0.269 e. The molecular formula is C22H27N5O3. The van der Waals surface area contributed by atoms with Crippen molar-refractivity contribution in [2.75, 3.05) is 25.1 Å². The summed E-state index contributed by atoms with van der Waals surface area (Å²) >= 11 is 0. The molecule has 8 nitrogen and oxygen atoms in total. The van der Waals surface area contributed by atoms with Gasteiger partial charge in [-0.2, -0.15) is 10.4 Å². The fraction of sp³-hybridized carbons (Fsp3) is 0.364. The Bertz CT molecular complexity index is 999. The molecule has 8 heteroatoms. The Morgan fingerprint density at radius 2 is 1.97 bits per heavy atom. The molecule has 0 aliphatic rings. The number of rotatable bonds is 9. The predicted molar refractivity (Wildman–Crippen MR) is 117 cm³/mol. The summed E-state index contributed by atoms with van der Waals surface area (Å²) in [6.07, 6.45) is 1.54. The minimum atomic E-state index is -0.518. The van der Waals surface area contributed by atoms with E-state index in [2.05, 4.69) is 29.3 Å². The van der Waals surface area contributed by atoms with Crippen molar-refractivity contribution in [1.82, 2.24) is 9.99 Å². The number of hydrogen-bond donors (Lipinski definition) is 1. The molecule has 0 radical (unpaired) electrons. The van der Waals surface area contributed by atoms with Gasteiger partial charge in [0.25, 0.3) is 11.5 Å². The van der Waals surface area contributed by atoms with Gasteiger partial charge in [-0.1, -0.05) is 12.1 Å². The molecule has 0 unspecified atom stereocenters. The average Bonchev–Trinajstić information content (AvgIpc) is 2.73. The normalized spacial score (nSPS) is 10.8. The van der Waals surface area contributed by atoms with Crippen LogP contribution in [0.1, 0.15) is 36.2 Å². The zero-order valence-corrected chi connectivity index (χ0v) is 17.8. The molecule has 1 amide bonds. The van der Waals surface area contributed by atoms with E-state index < -0.39 is 11.5 Å². The first-order valence-corrected chi connectivity index (χ1v) is 9.74. The maximum absolute atomic E-state index is 12.5. The van der Waals surface area contributed by atoms with Gasteiger partial charge >= 0.3 is 0 Å². The highest BCUT2D eigenvalue weighted by molar-refractivity contribution is 5.82. The van der Waals surface area contributed by atoms with E-state index in [1.165, 1.54) is 11.7 Å². The second kappa shape index (κ2) is 10.9. The van der Waals surface area contributed by atoms with Crippen LogP contribution < -0.4 is 15.9 Å². The van der Waals surface area contributed by atoms with E-state index in [4.69, 9.17) is 4.74 Å². The van der Waals surface area contributed by atoms with Gasteiger partial charge in [0.15, 0.2) is 0 Å². The van der Waals surface area contributed by atoms with Crippen molar-refractivity contribution in [3.8, 4) is 6.07 Å². The lowest BCUT2D eigenvalue weighted by atomic mass is 10.1. The molecule has 30 heavy (non-hydrogen) atoms. The fourth-order valence-electron chi connectivity index (χ4n) is 3.14. The maximum atomic E-state index is 12.5. The number of aromatic nitrogens is 1. The average molecular weight is 409 g/mol. The van der Waals surface area contributed by atoms with Gasteiger partial charge in [0.05, 0.1) is 12.8 Å². The van der Waals surface area contributed by atoms with Crippen LogP contribution in [0.5, 0.6) is 0 Å². The third-order valence-electron chi connectivity index (χ3n) is 4.73. The lowest BCUT2D eigenvalue weighted by Crippen LogP contribution is -2.33. The topological polar surface area (TPSA) is 99.7 Å². The van der Waals surface area contributed by atoms with Crippen molar-refractivity contribution in [1.29, 1.82) is 5.26 Å². The van der Waals surface area contributed by atoms with E-state index in [0.29, 0.717) is 11.3 Å². The number of pyridine rings is 1. The van der Waals surface area contributed by atoms with Crippen LogP contribution in [-0.4, -0.2) is 36.9 Å². The number of anilines is 1. The van der Waals surface area contributed by atoms with Gasteiger partial charge in [0.1, 0.15) is 18.2 Å². The third kappa shape index (κ3) is 5.55. The van der Waals surface area contributed by atoms with Crippen molar-refractivity contribution < 1.29 is 9.53 Å². The molecule has 0 aliphatic heterocycles. The zero-order chi connectivity index (χ0) is 22.1. The van der Waals surface area contributed by atoms with Crippen molar-refractivity contribution in [3.05, 3.63) is 63.1 Å². The lowest BCUT2D eigenvalue weighted by Gasteiger charge is -2.20. The molecular weight excluding hydrogens is 382 g/mol. The van der Waals surface area contributed by atoms with Crippen LogP contribution in [0.25, 0.3) is 0 Å². The largest absolute Gasteiger partial charge is 0.380 e. The first-order valence-electron chi connectivity index (χ1n) is 9.74. The van der Waals surface area contributed by atoms with Gasteiger partial charge in [0, 0.05) is 37.1 Å². The van der Waals surface area contributed by atoms with Gasteiger partial charge < -0.3 is 14.2 Å². The number of nitrogens with one attached hydrogen (secondary N) is 1. The number of amides is 1. The molecule has 1 heterocycles. The van der Waals surface area contributed by atoms with E-state index in [0.717, 1.165) is 24.3 Å². The van der Waals surface area contributed by atoms with Crippen LogP contribution in [0.15, 0.2) is 40.2 Å². The highest BCUT2D eigenvalue weighted by atomic mass is 16.5. The van der Waals surface area contributed by atoms with Crippen LogP contribution in [0.4, 0.5) is 5.69 Å². The van der Waals surface area contributed by atoms with Crippen LogP contribution >= 0.6 is 0 Å². The molecule has 1 aromatic heterocycles. The predicted octanol–water partition coefficient (Wildman–Crippen LogP) is 2.17. The van der Waals surface area contributed by atoms with Crippen LogP contribution in [0, 0.1) is 18.3 Å². The summed E-state index contributed by atoms with van der Waals surface area (Å²) in [5.41, 5.74) is 4.93. The van der Waals surface area contributed by atoms with E-state index in [1.54, 1.807) is 19.2 Å². The summed E-state index contributed by atoms with van der Waals surface area (Å²) in [4.78, 5) is 27.0. The molecule has 0 bridgehead atoms. The first kappa shape index (κ1) is 22.8. The monoisotopic (exact) mass is 409 g/mol. The molecule has 0 atom stereocenters. The number of carbonyl (C=O) groups excluding carboxylic acids is 1. The third-order valence-corrected chi connectivity index (χ3v) is 4.73.